The van der Waals surface area contributed by atoms with Crippen LogP contribution in [0.1, 0.15) is 10.4 Å². The first-order chi connectivity index (χ1) is 8.77. The summed E-state index contributed by atoms with van der Waals surface area (Å²) < 4.78 is 0. The molecule has 2 aromatic carbocycles. The van der Waals surface area contributed by atoms with Gasteiger partial charge in [-0.1, -0.05) is 36.4 Å². The molecule has 0 aliphatic rings. The van der Waals surface area contributed by atoms with Crippen molar-refractivity contribution in [3.63, 3.8) is 0 Å². The molecule has 0 aliphatic heterocycles. The summed E-state index contributed by atoms with van der Waals surface area (Å²) in [6.07, 6.45) is 0. The van der Waals surface area contributed by atoms with E-state index in [1.54, 1.807) is 19.2 Å². The largest absolute Gasteiger partial charge is 0.355 e. The Morgan fingerprint density at radius 2 is 1.50 bits per heavy atom. The molecule has 0 aromatic heterocycles. The van der Waals surface area contributed by atoms with Crippen LogP contribution in [0.2, 0.25) is 0 Å². The second-order valence-electron chi connectivity index (χ2n) is 3.38. The summed E-state index contributed by atoms with van der Waals surface area (Å²) in [5, 5.41) is 7.81. The Morgan fingerprint density at radius 3 is 1.89 bits per heavy atom. The molecule has 3 N–H and O–H groups in total. The minimum Gasteiger partial charge on any atom is -0.355 e. The second-order valence-corrected chi connectivity index (χ2v) is 4.08. The van der Waals surface area contributed by atoms with Crippen molar-refractivity contribution < 1.29 is 4.79 Å². The van der Waals surface area contributed by atoms with Gasteiger partial charge in [0.05, 0.1) is 0 Å². The third kappa shape index (κ3) is 5.03. The molecular formula is C14H16N2OS. The van der Waals surface area contributed by atoms with E-state index in [2.05, 4.69) is 5.32 Å². The Morgan fingerprint density at radius 1 is 1.00 bits per heavy atom. The molecule has 0 radical (unpaired) electrons. The highest BCUT2D eigenvalue weighted by atomic mass is 32.2. The molecule has 0 atom stereocenters. The summed E-state index contributed by atoms with van der Waals surface area (Å²) in [7, 11) is 1.62. The maximum Gasteiger partial charge on any atom is 0.251 e. The highest BCUT2D eigenvalue weighted by molar-refractivity contribution is 7.97. The van der Waals surface area contributed by atoms with Crippen LogP contribution in [0.4, 0.5) is 0 Å². The quantitative estimate of drug-likeness (QED) is 0.816. The number of amides is 1. The van der Waals surface area contributed by atoms with Crippen LogP contribution >= 0.6 is 11.9 Å². The minimum absolute atomic E-state index is 0.0411. The van der Waals surface area contributed by atoms with Gasteiger partial charge in [-0.25, -0.2) is 0 Å². The van der Waals surface area contributed by atoms with Crippen LogP contribution in [0.15, 0.2) is 65.6 Å². The van der Waals surface area contributed by atoms with Crippen LogP contribution in [-0.4, -0.2) is 13.0 Å². The van der Waals surface area contributed by atoms with Gasteiger partial charge in [0.1, 0.15) is 0 Å². The van der Waals surface area contributed by atoms with Crippen molar-refractivity contribution in [3.8, 4) is 0 Å². The van der Waals surface area contributed by atoms with Gasteiger partial charge in [0.15, 0.2) is 0 Å². The normalized spacial score (nSPS) is 9.00. The van der Waals surface area contributed by atoms with E-state index in [-0.39, 0.29) is 5.91 Å². The van der Waals surface area contributed by atoms with Gasteiger partial charge >= 0.3 is 0 Å². The Hall–Kier alpha value is -1.78. The summed E-state index contributed by atoms with van der Waals surface area (Å²) in [5.41, 5.74) is 0.699. The minimum atomic E-state index is -0.0411. The zero-order valence-electron chi connectivity index (χ0n) is 10.2. The lowest BCUT2D eigenvalue weighted by molar-refractivity contribution is 0.0963. The van der Waals surface area contributed by atoms with Crippen molar-refractivity contribution >= 4 is 17.9 Å². The number of hydrogen-bond donors (Lipinski definition) is 2. The Balaban J connectivity index is 0.000000184. The van der Waals surface area contributed by atoms with Gasteiger partial charge in [-0.05, 0) is 36.2 Å². The zero-order chi connectivity index (χ0) is 13.2. The average molecular weight is 260 g/mol. The van der Waals surface area contributed by atoms with Gasteiger partial charge in [0.25, 0.3) is 5.91 Å². The molecule has 0 saturated carbocycles. The molecule has 2 aromatic rings. The first-order valence-corrected chi connectivity index (χ1v) is 6.34. The molecule has 3 nitrogen and oxygen atoms in total. The van der Waals surface area contributed by atoms with Gasteiger partial charge < -0.3 is 5.32 Å². The molecule has 4 heteroatoms. The van der Waals surface area contributed by atoms with Crippen LogP contribution in [-0.2, 0) is 0 Å². The van der Waals surface area contributed by atoms with Gasteiger partial charge in [-0.2, -0.15) is 0 Å². The molecule has 0 fully saturated rings. The monoisotopic (exact) mass is 260 g/mol. The highest BCUT2D eigenvalue weighted by Crippen LogP contribution is 2.08. The molecule has 94 valence electrons. The molecular weight excluding hydrogens is 244 g/mol. The van der Waals surface area contributed by atoms with E-state index < -0.39 is 0 Å². The Kier molecular flexibility index (Phi) is 6.61. The van der Waals surface area contributed by atoms with E-state index in [1.165, 1.54) is 11.9 Å². The molecule has 0 unspecified atom stereocenters. The third-order valence-electron chi connectivity index (χ3n) is 2.14. The fraction of sp³-hybridized carbons (Fsp3) is 0.0714. The fourth-order valence-corrected chi connectivity index (χ4v) is 1.55. The Bertz CT molecular complexity index is 460. The predicted octanol–water partition coefficient (Wildman–Crippen LogP) is 2.70. The summed E-state index contributed by atoms with van der Waals surface area (Å²) in [4.78, 5) is 12.0. The average Bonchev–Trinajstić information content (AvgIpc) is 2.49. The van der Waals surface area contributed by atoms with Crippen LogP contribution in [0.5, 0.6) is 0 Å². The third-order valence-corrected chi connectivity index (χ3v) is 2.69. The van der Waals surface area contributed by atoms with E-state index in [4.69, 9.17) is 5.14 Å². The number of hydrogen-bond acceptors (Lipinski definition) is 3. The number of nitrogens with one attached hydrogen (secondary N) is 1. The molecule has 0 bridgehead atoms. The van der Waals surface area contributed by atoms with Crippen molar-refractivity contribution in [1.82, 2.24) is 5.32 Å². The van der Waals surface area contributed by atoms with Crippen LogP contribution in [0.25, 0.3) is 0 Å². The Labute approximate surface area is 112 Å². The maximum atomic E-state index is 10.9. The van der Waals surface area contributed by atoms with E-state index in [0.29, 0.717) is 5.56 Å². The van der Waals surface area contributed by atoms with Crippen molar-refractivity contribution in [3.05, 3.63) is 66.2 Å². The standard InChI is InChI=1S/C8H9NO.C6H7NS/c1-9-8(10)7-5-3-2-4-6-7;7-8-6-4-2-1-3-5-6/h2-6H,1H3,(H,9,10);1-5H,7H2. The predicted molar refractivity (Wildman–Crippen MR) is 76.3 cm³/mol. The van der Waals surface area contributed by atoms with Crippen molar-refractivity contribution in [2.24, 2.45) is 5.14 Å². The number of rotatable bonds is 2. The maximum absolute atomic E-state index is 10.9. The lowest BCUT2D eigenvalue weighted by Crippen LogP contribution is -2.17. The van der Waals surface area contributed by atoms with E-state index in [9.17, 15) is 4.79 Å². The van der Waals surface area contributed by atoms with E-state index >= 15 is 0 Å². The van der Waals surface area contributed by atoms with Gasteiger partial charge in [-0.3, -0.25) is 9.93 Å². The second kappa shape index (κ2) is 8.33. The van der Waals surface area contributed by atoms with Crippen molar-refractivity contribution in [2.45, 2.75) is 4.90 Å². The molecule has 0 aliphatic carbocycles. The van der Waals surface area contributed by atoms with Crippen molar-refractivity contribution in [1.29, 1.82) is 0 Å². The molecule has 0 heterocycles. The van der Waals surface area contributed by atoms with Crippen molar-refractivity contribution in [2.75, 3.05) is 7.05 Å². The summed E-state index contributed by atoms with van der Waals surface area (Å²) in [6, 6.07) is 19.0. The lowest BCUT2D eigenvalue weighted by atomic mass is 10.2. The number of nitrogens with two attached hydrogens (primary N) is 1. The van der Waals surface area contributed by atoms with Gasteiger partial charge in [0, 0.05) is 17.5 Å². The van der Waals surface area contributed by atoms with E-state index in [1.807, 2.05) is 48.5 Å². The number of carbonyl (C=O) groups excluding carboxylic acids is 1. The SMILES string of the molecule is CNC(=O)c1ccccc1.NSc1ccccc1. The van der Waals surface area contributed by atoms with Crippen LogP contribution in [0.3, 0.4) is 0 Å². The van der Waals surface area contributed by atoms with Crippen LogP contribution in [0, 0.1) is 0 Å². The first-order valence-electron chi connectivity index (χ1n) is 5.47. The van der Waals surface area contributed by atoms with Gasteiger partial charge in [-0.15, -0.1) is 0 Å². The smallest absolute Gasteiger partial charge is 0.251 e. The topological polar surface area (TPSA) is 55.1 Å². The summed E-state index contributed by atoms with van der Waals surface area (Å²) in [6.45, 7) is 0. The highest BCUT2D eigenvalue weighted by Gasteiger charge is 1.97. The summed E-state index contributed by atoms with van der Waals surface area (Å²) in [5.74, 6) is -0.0411. The lowest BCUT2D eigenvalue weighted by Gasteiger charge is -1.96. The number of carbonyl (C=O) groups is 1. The van der Waals surface area contributed by atoms with E-state index in [0.717, 1.165) is 4.90 Å². The molecule has 18 heavy (non-hydrogen) atoms. The molecule has 0 spiro atoms. The zero-order valence-corrected chi connectivity index (χ0v) is 11.0. The summed E-state index contributed by atoms with van der Waals surface area (Å²) >= 11 is 1.27. The van der Waals surface area contributed by atoms with Crippen LogP contribution < -0.4 is 10.5 Å². The fourth-order valence-electron chi connectivity index (χ4n) is 1.23. The number of benzene rings is 2. The molecule has 0 saturated heterocycles. The van der Waals surface area contributed by atoms with Gasteiger partial charge in [0.2, 0.25) is 0 Å². The molecule has 2 rings (SSSR count). The molecule has 1 amide bonds. The first kappa shape index (κ1) is 14.3.